The van der Waals surface area contributed by atoms with Gasteiger partial charge in [-0.2, -0.15) is 0 Å². The number of terminal acetylenes is 1. The lowest BCUT2D eigenvalue weighted by Gasteiger charge is -2.11. The van der Waals surface area contributed by atoms with Gasteiger partial charge in [-0.3, -0.25) is 0 Å². The van der Waals surface area contributed by atoms with Crippen molar-refractivity contribution in [3.63, 3.8) is 0 Å². The number of rotatable bonds is 5. The first-order chi connectivity index (χ1) is 8.67. The highest BCUT2D eigenvalue weighted by Crippen LogP contribution is 2.25. The molecular weight excluding hydrogens is 235 g/mol. The zero-order valence-corrected chi connectivity index (χ0v) is 9.70. The van der Waals surface area contributed by atoms with Crippen LogP contribution in [-0.4, -0.2) is 19.2 Å². The van der Waals surface area contributed by atoms with Crippen molar-refractivity contribution < 1.29 is 13.9 Å². The van der Waals surface area contributed by atoms with Gasteiger partial charge in [-0.15, -0.1) is 13.0 Å². The Morgan fingerprint density at radius 1 is 1.61 bits per heavy atom. The Morgan fingerprint density at radius 3 is 3.06 bits per heavy atom. The average Bonchev–Trinajstić information content (AvgIpc) is 2.36. The number of ether oxygens (including phenoxy) is 1. The summed E-state index contributed by atoms with van der Waals surface area (Å²) in [6.45, 7) is 3.79. The van der Waals surface area contributed by atoms with E-state index in [1.54, 1.807) is 6.08 Å². The Hall–Kier alpha value is -2.48. The lowest BCUT2D eigenvalue weighted by Crippen LogP contribution is -2.28. The molecule has 0 atom stereocenters. The number of carbonyl (C=O) groups is 1. The zero-order valence-electron chi connectivity index (χ0n) is 9.70. The van der Waals surface area contributed by atoms with Crippen LogP contribution in [0.15, 0.2) is 30.9 Å². The highest BCUT2D eigenvalue weighted by Gasteiger charge is 2.08. The van der Waals surface area contributed by atoms with E-state index >= 15 is 0 Å². The van der Waals surface area contributed by atoms with Gasteiger partial charge in [0.05, 0.1) is 5.69 Å². The number of hydrogen-bond donors (Lipinski definition) is 2. The predicted molar refractivity (Wildman–Crippen MR) is 67.9 cm³/mol. The van der Waals surface area contributed by atoms with Gasteiger partial charge in [0, 0.05) is 12.6 Å². The molecule has 1 aromatic carbocycles. The molecule has 1 aromatic rings. The monoisotopic (exact) mass is 248 g/mol. The van der Waals surface area contributed by atoms with Gasteiger partial charge in [0.15, 0.2) is 0 Å². The van der Waals surface area contributed by atoms with Gasteiger partial charge in [-0.05, 0) is 12.1 Å². The first-order valence-corrected chi connectivity index (χ1v) is 5.19. The molecule has 18 heavy (non-hydrogen) atoms. The summed E-state index contributed by atoms with van der Waals surface area (Å²) in [7, 11) is 0. The maximum atomic E-state index is 13.0. The summed E-state index contributed by atoms with van der Waals surface area (Å²) in [6, 6.07) is 3.33. The van der Waals surface area contributed by atoms with Gasteiger partial charge < -0.3 is 15.4 Å². The van der Waals surface area contributed by atoms with Gasteiger partial charge in [-0.1, -0.05) is 12.0 Å². The third-order valence-electron chi connectivity index (χ3n) is 1.91. The van der Waals surface area contributed by atoms with Crippen molar-refractivity contribution in [3.05, 3.63) is 36.7 Å². The fourth-order valence-electron chi connectivity index (χ4n) is 1.17. The fraction of sp³-hybridized carbons (Fsp3) is 0.154. The highest BCUT2D eigenvalue weighted by atomic mass is 19.1. The number of halogens is 1. The summed E-state index contributed by atoms with van der Waals surface area (Å²) >= 11 is 0. The van der Waals surface area contributed by atoms with Crippen molar-refractivity contribution in [1.82, 2.24) is 5.32 Å². The molecule has 0 bridgehead atoms. The number of urea groups is 1. The quantitative estimate of drug-likeness (QED) is 0.619. The molecule has 94 valence electrons. The lowest BCUT2D eigenvalue weighted by molar-refractivity contribution is 0.253. The minimum absolute atomic E-state index is 0.00753. The van der Waals surface area contributed by atoms with E-state index in [1.807, 2.05) is 0 Å². The van der Waals surface area contributed by atoms with Crippen LogP contribution in [0.3, 0.4) is 0 Å². The van der Waals surface area contributed by atoms with E-state index in [1.165, 1.54) is 12.1 Å². The Kier molecular flexibility index (Phi) is 5.26. The van der Waals surface area contributed by atoms with Gasteiger partial charge >= 0.3 is 6.03 Å². The third kappa shape index (κ3) is 4.18. The summed E-state index contributed by atoms with van der Waals surface area (Å²) in [4.78, 5) is 11.4. The van der Waals surface area contributed by atoms with Gasteiger partial charge in [0.25, 0.3) is 0 Å². The van der Waals surface area contributed by atoms with Crippen LogP contribution in [0.2, 0.25) is 0 Å². The van der Waals surface area contributed by atoms with E-state index in [4.69, 9.17) is 11.2 Å². The van der Waals surface area contributed by atoms with Crippen LogP contribution in [-0.2, 0) is 0 Å². The van der Waals surface area contributed by atoms with Gasteiger partial charge in [0.2, 0.25) is 0 Å². The molecule has 0 aromatic heterocycles. The molecule has 0 aliphatic carbocycles. The van der Waals surface area contributed by atoms with Crippen molar-refractivity contribution in [2.45, 2.75) is 0 Å². The fourth-order valence-corrected chi connectivity index (χ4v) is 1.17. The second kappa shape index (κ2) is 6.97. The lowest BCUT2D eigenvalue weighted by atomic mass is 10.3. The van der Waals surface area contributed by atoms with E-state index in [0.717, 1.165) is 6.07 Å². The number of benzene rings is 1. The molecule has 4 nitrogen and oxygen atoms in total. The maximum absolute atomic E-state index is 13.0. The topological polar surface area (TPSA) is 50.4 Å². The van der Waals surface area contributed by atoms with Crippen LogP contribution < -0.4 is 15.4 Å². The van der Waals surface area contributed by atoms with Crippen molar-refractivity contribution in [3.8, 4) is 18.1 Å². The maximum Gasteiger partial charge on any atom is 0.319 e. The average molecular weight is 248 g/mol. The van der Waals surface area contributed by atoms with Crippen LogP contribution >= 0.6 is 0 Å². The highest BCUT2D eigenvalue weighted by molar-refractivity contribution is 5.90. The molecule has 0 aliphatic heterocycles. The van der Waals surface area contributed by atoms with E-state index in [9.17, 15) is 9.18 Å². The summed E-state index contributed by atoms with van der Waals surface area (Å²) < 4.78 is 18.2. The Bertz CT molecular complexity index is 480. The van der Waals surface area contributed by atoms with Gasteiger partial charge in [0.1, 0.15) is 18.2 Å². The second-order valence-corrected chi connectivity index (χ2v) is 3.26. The number of hydrogen-bond acceptors (Lipinski definition) is 2. The summed E-state index contributed by atoms with van der Waals surface area (Å²) in [5.74, 6) is 1.97. The summed E-state index contributed by atoms with van der Waals surface area (Å²) in [5.41, 5.74) is 0.341. The predicted octanol–water partition coefficient (Wildman–Crippen LogP) is 2.15. The van der Waals surface area contributed by atoms with Crippen LogP contribution in [0, 0.1) is 18.2 Å². The van der Waals surface area contributed by atoms with E-state index < -0.39 is 11.8 Å². The molecule has 0 unspecified atom stereocenters. The molecule has 0 spiro atoms. The molecule has 0 saturated carbocycles. The largest absolute Gasteiger partial charge is 0.479 e. The molecule has 2 amide bonds. The standard InChI is InChI=1S/C13H13FN2O2/c1-3-7-15-13(17)16-11-6-5-10(14)9-12(11)18-8-4-2/h2-3,5-6,9H,1,7-8H2,(H2,15,16,17). The SMILES string of the molecule is C#CCOc1cc(F)ccc1NC(=O)NCC=C. The minimum Gasteiger partial charge on any atom is -0.479 e. The zero-order chi connectivity index (χ0) is 13.4. The number of amides is 2. The molecule has 0 radical (unpaired) electrons. The Labute approximate surface area is 105 Å². The van der Waals surface area contributed by atoms with E-state index in [0.29, 0.717) is 12.2 Å². The van der Waals surface area contributed by atoms with E-state index in [-0.39, 0.29) is 12.4 Å². The molecular formula is C13H13FN2O2. The number of nitrogens with one attached hydrogen (secondary N) is 2. The number of anilines is 1. The number of carbonyl (C=O) groups excluding carboxylic acids is 1. The van der Waals surface area contributed by atoms with Crippen LogP contribution in [0.4, 0.5) is 14.9 Å². The van der Waals surface area contributed by atoms with Crippen LogP contribution in [0.5, 0.6) is 5.75 Å². The Balaban J connectivity index is 2.77. The smallest absolute Gasteiger partial charge is 0.319 e. The van der Waals surface area contributed by atoms with Crippen molar-refractivity contribution in [1.29, 1.82) is 0 Å². The summed E-state index contributed by atoms with van der Waals surface area (Å²) in [5, 5.41) is 5.04. The normalized spacial score (nSPS) is 9.11. The Morgan fingerprint density at radius 2 is 2.39 bits per heavy atom. The molecule has 1 rings (SSSR count). The summed E-state index contributed by atoms with van der Waals surface area (Å²) in [6.07, 6.45) is 6.59. The molecule has 0 fully saturated rings. The first kappa shape index (κ1) is 13.6. The second-order valence-electron chi connectivity index (χ2n) is 3.26. The van der Waals surface area contributed by atoms with E-state index in [2.05, 4.69) is 23.1 Å². The third-order valence-corrected chi connectivity index (χ3v) is 1.91. The molecule has 5 heteroatoms. The van der Waals surface area contributed by atoms with Crippen molar-refractivity contribution >= 4 is 11.7 Å². The van der Waals surface area contributed by atoms with Crippen LogP contribution in [0.25, 0.3) is 0 Å². The molecule has 0 aliphatic rings. The minimum atomic E-state index is -0.473. The molecule has 2 N–H and O–H groups in total. The van der Waals surface area contributed by atoms with Crippen molar-refractivity contribution in [2.24, 2.45) is 0 Å². The first-order valence-electron chi connectivity index (χ1n) is 5.19. The van der Waals surface area contributed by atoms with Gasteiger partial charge in [-0.25, -0.2) is 9.18 Å². The van der Waals surface area contributed by atoms with Crippen LogP contribution in [0.1, 0.15) is 0 Å². The molecule has 0 heterocycles. The van der Waals surface area contributed by atoms with Crippen molar-refractivity contribution in [2.75, 3.05) is 18.5 Å². The molecule has 0 saturated heterocycles.